The number of carbonyl (C=O) groups excluding carboxylic acids is 2. The maximum atomic E-state index is 11.7. The Hall–Kier alpha value is -2.11. The van der Waals surface area contributed by atoms with Crippen molar-refractivity contribution in [2.45, 2.75) is 0 Å². The van der Waals surface area contributed by atoms with E-state index >= 15 is 0 Å². The summed E-state index contributed by atoms with van der Waals surface area (Å²) in [6, 6.07) is 14.3. The highest BCUT2D eigenvalue weighted by molar-refractivity contribution is 9.10. The van der Waals surface area contributed by atoms with Gasteiger partial charge in [-0.2, -0.15) is 0 Å². The van der Waals surface area contributed by atoms with Crippen LogP contribution in [0, 0.1) is 0 Å². The van der Waals surface area contributed by atoms with E-state index in [-0.39, 0.29) is 6.61 Å². The predicted molar refractivity (Wildman–Crippen MR) is 94.2 cm³/mol. The molecule has 0 spiro atoms. The standard InChI is InChI=1S/C17H13BrClNO3/c18-13-5-3-4-12(10-13)8-9-17(22)23-11-16(21)20-15-7-2-1-6-14(15)19/h1-10H,11H2,(H,20,21)/b9-8+. The molecule has 0 fully saturated rings. The Morgan fingerprint density at radius 3 is 2.70 bits per heavy atom. The minimum absolute atomic E-state index is 0.382. The first-order chi connectivity index (χ1) is 11.0. The van der Waals surface area contributed by atoms with Gasteiger partial charge >= 0.3 is 5.97 Å². The van der Waals surface area contributed by atoms with Crippen LogP contribution in [0.5, 0.6) is 0 Å². The fraction of sp³-hybridized carbons (Fsp3) is 0.0588. The predicted octanol–water partition coefficient (Wildman–Crippen LogP) is 4.30. The lowest BCUT2D eigenvalue weighted by atomic mass is 10.2. The Balaban J connectivity index is 1.82. The van der Waals surface area contributed by atoms with Gasteiger partial charge in [0, 0.05) is 10.5 Å². The molecule has 0 saturated heterocycles. The number of anilines is 1. The van der Waals surface area contributed by atoms with Gasteiger partial charge in [-0.05, 0) is 35.9 Å². The van der Waals surface area contributed by atoms with Crippen LogP contribution in [-0.2, 0) is 14.3 Å². The molecule has 0 aliphatic carbocycles. The molecule has 0 unspecified atom stereocenters. The minimum atomic E-state index is -0.598. The molecular formula is C17H13BrClNO3. The van der Waals surface area contributed by atoms with Gasteiger partial charge in [0.05, 0.1) is 10.7 Å². The van der Waals surface area contributed by atoms with Gasteiger partial charge in [-0.3, -0.25) is 4.79 Å². The van der Waals surface area contributed by atoms with Gasteiger partial charge < -0.3 is 10.1 Å². The van der Waals surface area contributed by atoms with E-state index in [0.717, 1.165) is 10.0 Å². The lowest BCUT2D eigenvalue weighted by Gasteiger charge is -2.06. The summed E-state index contributed by atoms with van der Waals surface area (Å²) in [5, 5.41) is 2.99. The number of para-hydroxylation sites is 1. The molecule has 0 atom stereocenters. The van der Waals surface area contributed by atoms with E-state index in [2.05, 4.69) is 21.2 Å². The summed E-state index contributed by atoms with van der Waals surface area (Å²) in [6.45, 7) is -0.382. The molecule has 1 N–H and O–H groups in total. The summed E-state index contributed by atoms with van der Waals surface area (Å²) in [5.74, 6) is -1.05. The van der Waals surface area contributed by atoms with Crippen LogP contribution in [0.1, 0.15) is 5.56 Å². The number of nitrogens with one attached hydrogen (secondary N) is 1. The molecule has 23 heavy (non-hydrogen) atoms. The molecule has 4 nitrogen and oxygen atoms in total. The summed E-state index contributed by atoms with van der Waals surface area (Å²) >= 11 is 9.27. The van der Waals surface area contributed by atoms with Crippen molar-refractivity contribution in [1.82, 2.24) is 0 Å². The number of carbonyl (C=O) groups is 2. The molecule has 0 aromatic heterocycles. The summed E-state index contributed by atoms with van der Waals surface area (Å²) < 4.78 is 5.78. The summed E-state index contributed by atoms with van der Waals surface area (Å²) in [4.78, 5) is 23.3. The van der Waals surface area contributed by atoms with E-state index in [9.17, 15) is 9.59 Å². The van der Waals surface area contributed by atoms with Gasteiger partial charge in [-0.25, -0.2) is 4.79 Å². The van der Waals surface area contributed by atoms with Crippen LogP contribution < -0.4 is 5.32 Å². The topological polar surface area (TPSA) is 55.4 Å². The summed E-state index contributed by atoms with van der Waals surface area (Å²) in [6.07, 6.45) is 2.88. The molecule has 0 aliphatic rings. The second-order valence-corrected chi connectivity index (χ2v) is 5.85. The molecule has 2 rings (SSSR count). The highest BCUT2D eigenvalue weighted by Crippen LogP contribution is 2.20. The van der Waals surface area contributed by atoms with Crippen LogP contribution in [0.15, 0.2) is 59.1 Å². The third kappa shape index (κ3) is 5.88. The van der Waals surface area contributed by atoms with Crippen LogP contribution in [0.3, 0.4) is 0 Å². The van der Waals surface area contributed by atoms with E-state index in [1.54, 1.807) is 30.3 Å². The van der Waals surface area contributed by atoms with Crippen molar-refractivity contribution in [3.05, 3.63) is 69.7 Å². The van der Waals surface area contributed by atoms with Crippen molar-refractivity contribution in [2.24, 2.45) is 0 Å². The van der Waals surface area contributed by atoms with Gasteiger partial charge in [0.1, 0.15) is 0 Å². The summed E-state index contributed by atoms with van der Waals surface area (Å²) in [7, 11) is 0. The number of amides is 1. The number of hydrogen-bond donors (Lipinski definition) is 1. The Morgan fingerprint density at radius 2 is 1.96 bits per heavy atom. The maximum Gasteiger partial charge on any atom is 0.331 e. The number of esters is 1. The number of hydrogen-bond acceptors (Lipinski definition) is 3. The molecule has 2 aromatic carbocycles. The normalized spacial score (nSPS) is 10.5. The first-order valence-corrected chi connectivity index (χ1v) is 7.86. The van der Waals surface area contributed by atoms with Gasteiger partial charge in [0.25, 0.3) is 5.91 Å². The second kappa shape index (κ2) is 8.50. The zero-order valence-corrected chi connectivity index (χ0v) is 14.3. The highest BCUT2D eigenvalue weighted by atomic mass is 79.9. The van der Waals surface area contributed by atoms with Crippen LogP contribution in [-0.4, -0.2) is 18.5 Å². The monoisotopic (exact) mass is 393 g/mol. The average molecular weight is 395 g/mol. The van der Waals surface area contributed by atoms with Crippen molar-refractivity contribution in [3.8, 4) is 0 Å². The van der Waals surface area contributed by atoms with E-state index in [1.165, 1.54) is 6.08 Å². The molecule has 0 heterocycles. The third-order valence-corrected chi connectivity index (χ3v) is 3.58. The molecule has 0 bridgehead atoms. The molecule has 0 saturated carbocycles. The van der Waals surface area contributed by atoms with Gasteiger partial charge in [-0.15, -0.1) is 0 Å². The Kier molecular flexibility index (Phi) is 6.38. The number of halogens is 2. The van der Waals surface area contributed by atoms with E-state index in [0.29, 0.717) is 10.7 Å². The van der Waals surface area contributed by atoms with Crippen LogP contribution in [0.25, 0.3) is 6.08 Å². The first-order valence-electron chi connectivity index (χ1n) is 6.69. The van der Waals surface area contributed by atoms with Crippen molar-refractivity contribution in [1.29, 1.82) is 0 Å². The molecule has 1 amide bonds. The van der Waals surface area contributed by atoms with E-state index < -0.39 is 11.9 Å². The number of benzene rings is 2. The van der Waals surface area contributed by atoms with Gasteiger partial charge in [0.2, 0.25) is 0 Å². The van der Waals surface area contributed by atoms with Crippen LogP contribution in [0.2, 0.25) is 5.02 Å². The van der Waals surface area contributed by atoms with Crippen molar-refractivity contribution in [3.63, 3.8) is 0 Å². The van der Waals surface area contributed by atoms with E-state index in [1.807, 2.05) is 24.3 Å². The Bertz CT molecular complexity index is 746. The Labute approximate surface area is 147 Å². The molecule has 118 valence electrons. The maximum absolute atomic E-state index is 11.7. The SMILES string of the molecule is O=C(COC(=O)/C=C/c1cccc(Br)c1)Nc1ccccc1Cl. The fourth-order valence-corrected chi connectivity index (χ4v) is 2.31. The Morgan fingerprint density at radius 1 is 1.17 bits per heavy atom. The van der Waals surface area contributed by atoms with Gasteiger partial charge in [0.15, 0.2) is 6.61 Å². The minimum Gasteiger partial charge on any atom is -0.452 e. The molecule has 0 aliphatic heterocycles. The molecular weight excluding hydrogens is 382 g/mol. The zero-order chi connectivity index (χ0) is 16.7. The highest BCUT2D eigenvalue weighted by Gasteiger charge is 2.07. The molecule has 0 radical (unpaired) electrons. The zero-order valence-electron chi connectivity index (χ0n) is 12.0. The first kappa shape index (κ1) is 17.2. The van der Waals surface area contributed by atoms with Gasteiger partial charge in [-0.1, -0.05) is 51.8 Å². The lowest BCUT2D eigenvalue weighted by molar-refractivity contribution is -0.142. The average Bonchev–Trinajstić information content (AvgIpc) is 2.53. The lowest BCUT2D eigenvalue weighted by Crippen LogP contribution is -2.20. The smallest absolute Gasteiger partial charge is 0.331 e. The van der Waals surface area contributed by atoms with Crippen molar-refractivity contribution < 1.29 is 14.3 Å². The summed E-state index contributed by atoms with van der Waals surface area (Å²) in [5.41, 5.74) is 1.32. The van der Waals surface area contributed by atoms with Crippen molar-refractivity contribution in [2.75, 3.05) is 11.9 Å². The van der Waals surface area contributed by atoms with Crippen LogP contribution in [0.4, 0.5) is 5.69 Å². The quantitative estimate of drug-likeness (QED) is 0.608. The third-order valence-electron chi connectivity index (χ3n) is 2.75. The van der Waals surface area contributed by atoms with E-state index in [4.69, 9.17) is 16.3 Å². The molecule has 2 aromatic rings. The number of ether oxygens (including phenoxy) is 1. The van der Waals surface area contributed by atoms with Crippen molar-refractivity contribution >= 4 is 51.2 Å². The molecule has 6 heteroatoms. The number of rotatable bonds is 5. The second-order valence-electron chi connectivity index (χ2n) is 4.52. The largest absolute Gasteiger partial charge is 0.452 e. The fourth-order valence-electron chi connectivity index (χ4n) is 1.71. The van der Waals surface area contributed by atoms with Crippen LogP contribution >= 0.6 is 27.5 Å².